The Kier molecular flexibility index (Phi) is 10.2. The molecule has 1 saturated heterocycles. The normalized spacial score (nSPS) is 20.3. The fraction of sp³-hybridized carbons (Fsp3) is 0.538. The maximum atomic E-state index is 10.6. The number of fused-ring (bicyclic) bond motifs is 2. The average Bonchev–Trinajstić information content (AvgIpc) is 3.64. The summed E-state index contributed by atoms with van der Waals surface area (Å²) in [5, 5.41) is 17.7. The molecule has 15 heteroatoms. The summed E-state index contributed by atoms with van der Waals surface area (Å²) in [5.74, 6) is -3.91. The van der Waals surface area contributed by atoms with E-state index in [0.717, 1.165) is 56.6 Å². The molecule has 1 aliphatic carbocycles. The summed E-state index contributed by atoms with van der Waals surface area (Å²) in [5.41, 5.74) is 5.17. The third-order valence-corrected chi connectivity index (χ3v) is 6.82. The minimum Gasteiger partial charge on any atom is -0.475 e. The second kappa shape index (κ2) is 13.0. The van der Waals surface area contributed by atoms with Crippen LogP contribution in [0.2, 0.25) is 0 Å². The van der Waals surface area contributed by atoms with Gasteiger partial charge >= 0.3 is 24.3 Å². The van der Waals surface area contributed by atoms with Crippen molar-refractivity contribution in [3.8, 4) is 0 Å². The van der Waals surface area contributed by atoms with E-state index in [0.29, 0.717) is 6.61 Å². The molecule has 2 fully saturated rings. The van der Waals surface area contributed by atoms with Crippen LogP contribution in [-0.2, 0) is 32.9 Å². The van der Waals surface area contributed by atoms with Gasteiger partial charge in [0.15, 0.2) is 0 Å². The van der Waals surface area contributed by atoms with Crippen molar-refractivity contribution in [2.75, 3.05) is 31.6 Å². The topological polar surface area (TPSA) is 125 Å². The molecule has 1 atom stereocenters. The molecule has 0 amide bonds. The molecule has 2 aromatic rings. The van der Waals surface area contributed by atoms with Crippen molar-refractivity contribution in [2.24, 2.45) is 5.92 Å². The van der Waals surface area contributed by atoms with Crippen LogP contribution >= 0.6 is 0 Å². The Morgan fingerprint density at radius 2 is 1.71 bits per heavy atom. The highest BCUT2D eigenvalue weighted by Crippen LogP contribution is 2.40. The van der Waals surface area contributed by atoms with Crippen LogP contribution < -0.4 is 5.32 Å². The van der Waals surface area contributed by atoms with Crippen LogP contribution in [0.5, 0.6) is 0 Å². The molecule has 1 aromatic carbocycles. The van der Waals surface area contributed by atoms with Gasteiger partial charge < -0.3 is 20.3 Å². The van der Waals surface area contributed by atoms with Crippen molar-refractivity contribution < 1.29 is 50.9 Å². The van der Waals surface area contributed by atoms with E-state index in [2.05, 4.69) is 46.4 Å². The van der Waals surface area contributed by atoms with Crippen LogP contribution in [0.3, 0.4) is 0 Å². The lowest BCUT2D eigenvalue weighted by atomic mass is 9.80. The highest BCUT2D eigenvalue weighted by Gasteiger charge is 2.45. The van der Waals surface area contributed by atoms with Gasteiger partial charge in [-0.05, 0) is 49.8 Å². The number of likely N-dealkylation sites (tertiary alicyclic amines) is 1. The molecular weight excluding hydrogens is 562 g/mol. The first-order valence-corrected chi connectivity index (χ1v) is 12.7. The van der Waals surface area contributed by atoms with Gasteiger partial charge in [-0.15, -0.1) is 0 Å². The number of ether oxygens (including phenoxy) is 1. The molecule has 3 aliphatic rings. The van der Waals surface area contributed by atoms with Gasteiger partial charge in [-0.25, -0.2) is 19.6 Å². The number of halogens is 6. The Hall–Kier alpha value is -3.46. The number of carboxylic acid groups (broad SMARTS) is 2. The monoisotopic (exact) mass is 592 g/mol. The van der Waals surface area contributed by atoms with Crippen LogP contribution in [0.15, 0.2) is 30.5 Å². The lowest BCUT2D eigenvalue weighted by molar-refractivity contribution is -0.193. The van der Waals surface area contributed by atoms with Crippen molar-refractivity contribution in [2.45, 2.75) is 57.1 Å². The summed E-state index contributed by atoms with van der Waals surface area (Å²) >= 11 is 0. The zero-order chi connectivity index (χ0) is 30.4. The van der Waals surface area contributed by atoms with Gasteiger partial charge in [0.05, 0.1) is 24.3 Å². The Morgan fingerprint density at radius 1 is 1.10 bits per heavy atom. The molecule has 0 radical (unpaired) electrons. The van der Waals surface area contributed by atoms with E-state index in [1.807, 2.05) is 6.20 Å². The van der Waals surface area contributed by atoms with Gasteiger partial charge in [-0.3, -0.25) is 4.90 Å². The van der Waals surface area contributed by atoms with Crippen LogP contribution in [0.1, 0.15) is 41.6 Å². The van der Waals surface area contributed by atoms with E-state index < -0.39 is 24.3 Å². The summed E-state index contributed by atoms with van der Waals surface area (Å²) in [6.07, 6.45) is -4.42. The highest BCUT2D eigenvalue weighted by molar-refractivity contribution is 5.73. The second-order valence-corrected chi connectivity index (χ2v) is 10.2. The quantitative estimate of drug-likeness (QED) is 0.429. The minimum absolute atomic E-state index is 0.00915. The first kappa shape index (κ1) is 32.1. The van der Waals surface area contributed by atoms with Gasteiger partial charge in [-0.1, -0.05) is 24.3 Å². The van der Waals surface area contributed by atoms with E-state index in [9.17, 15) is 26.3 Å². The Bertz CT molecular complexity index is 1200. The maximum absolute atomic E-state index is 10.6. The molecule has 1 saturated carbocycles. The van der Waals surface area contributed by atoms with Crippen LogP contribution in [0, 0.1) is 12.8 Å². The molecule has 226 valence electrons. The smallest absolute Gasteiger partial charge is 0.475 e. The number of nitrogens with zero attached hydrogens (tertiary/aromatic N) is 3. The third-order valence-electron chi connectivity index (χ3n) is 6.82. The minimum atomic E-state index is -5.08. The Morgan fingerprint density at radius 3 is 2.27 bits per heavy atom. The SMILES string of the molecule is Cc1ccccc1CN1CCC2(COCc3cnc(NCC4CC4)nc32)C1.O=C(O)C(F)(F)F.O=C(O)C(F)(F)F. The van der Waals surface area contributed by atoms with Crippen molar-refractivity contribution in [1.82, 2.24) is 14.9 Å². The van der Waals surface area contributed by atoms with E-state index in [1.54, 1.807) is 0 Å². The molecule has 3 N–H and O–H groups in total. The maximum Gasteiger partial charge on any atom is 0.490 e. The van der Waals surface area contributed by atoms with Crippen LogP contribution in [-0.4, -0.2) is 75.6 Å². The largest absolute Gasteiger partial charge is 0.490 e. The van der Waals surface area contributed by atoms with Crippen LogP contribution in [0.4, 0.5) is 32.3 Å². The van der Waals surface area contributed by atoms with Gasteiger partial charge in [-0.2, -0.15) is 26.3 Å². The molecule has 2 aliphatic heterocycles. The first-order valence-electron chi connectivity index (χ1n) is 12.7. The Labute approximate surface area is 231 Å². The van der Waals surface area contributed by atoms with E-state index in [4.69, 9.17) is 29.5 Å². The number of hydrogen-bond donors (Lipinski definition) is 3. The predicted octanol–water partition coefficient (Wildman–Crippen LogP) is 4.55. The summed E-state index contributed by atoms with van der Waals surface area (Å²) in [4.78, 5) is 29.9. The molecule has 1 aromatic heterocycles. The number of aromatic nitrogens is 2. The van der Waals surface area contributed by atoms with Crippen molar-refractivity contribution in [3.05, 3.63) is 52.8 Å². The van der Waals surface area contributed by atoms with Gasteiger partial charge in [0.1, 0.15) is 0 Å². The van der Waals surface area contributed by atoms with Gasteiger partial charge in [0.2, 0.25) is 5.95 Å². The average molecular weight is 593 g/mol. The number of rotatable bonds is 5. The number of hydrogen-bond acceptors (Lipinski definition) is 7. The third kappa shape index (κ3) is 9.28. The van der Waals surface area contributed by atoms with Crippen LogP contribution in [0.25, 0.3) is 0 Å². The van der Waals surface area contributed by atoms with Crippen molar-refractivity contribution in [1.29, 1.82) is 0 Å². The molecule has 1 unspecified atom stereocenters. The number of alkyl halides is 6. The fourth-order valence-electron chi connectivity index (χ4n) is 4.47. The zero-order valence-electron chi connectivity index (χ0n) is 22.1. The number of aryl methyl sites for hydroxylation is 1. The zero-order valence-corrected chi connectivity index (χ0v) is 22.1. The fourth-order valence-corrected chi connectivity index (χ4v) is 4.47. The van der Waals surface area contributed by atoms with E-state index >= 15 is 0 Å². The van der Waals surface area contributed by atoms with Gasteiger partial charge in [0.25, 0.3) is 0 Å². The predicted molar refractivity (Wildman–Crippen MR) is 133 cm³/mol. The molecule has 41 heavy (non-hydrogen) atoms. The van der Waals surface area contributed by atoms with Crippen molar-refractivity contribution >= 4 is 17.9 Å². The summed E-state index contributed by atoms with van der Waals surface area (Å²) < 4.78 is 69.4. The number of aliphatic carboxylic acids is 2. The summed E-state index contributed by atoms with van der Waals surface area (Å²) in [6.45, 7) is 7.70. The molecule has 3 heterocycles. The second-order valence-electron chi connectivity index (χ2n) is 10.2. The summed E-state index contributed by atoms with van der Waals surface area (Å²) in [7, 11) is 0. The summed E-state index contributed by atoms with van der Waals surface area (Å²) in [6, 6.07) is 8.69. The molecule has 0 bridgehead atoms. The standard InChI is InChI=1S/C22H28N4O.2C2HF3O2/c1-16-4-2-3-5-18(16)12-26-9-8-22(14-26)15-27-13-19-11-24-21(25-20(19)22)23-10-17-6-7-17;2*3-2(4,5)1(6)7/h2-5,11,17H,6-10,12-15H2,1H3,(H,23,24,25);2*(H,6,7). The number of carboxylic acids is 2. The van der Waals surface area contributed by atoms with E-state index in [-0.39, 0.29) is 5.41 Å². The lowest BCUT2D eigenvalue weighted by Crippen LogP contribution is -2.40. The first-order chi connectivity index (χ1) is 19.1. The molecule has 5 rings (SSSR count). The number of nitrogens with one attached hydrogen (secondary N) is 1. The number of carbonyl (C=O) groups is 2. The molecule has 1 spiro atoms. The molecule has 9 nitrogen and oxygen atoms in total. The Balaban J connectivity index is 0.000000276. The van der Waals surface area contributed by atoms with E-state index in [1.165, 1.54) is 29.7 Å². The number of benzene rings is 1. The lowest BCUT2D eigenvalue weighted by Gasteiger charge is -2.34. The highest BCUT2D eigenvalue weighted by atomic mass is 19.4. The van der Waals surface area contributed by atoms with Gasteiger partial charge in [0, 0.05) is 31.4 Å². The number of anilines is 1. The molecular formula is C26H30F6N4O5. The van der Waals surface area contributed by atoms with Crippen molar-refractivity contribution in [3.63, 3.8) is 0 Å².